The average Bonchev–Trinajstić information content (AvgIpc) is 3.49. The summed E-state index contributed by atoms with van der Waals surface area (Å²) in [5, 5.41) is 42.8. The first-order valence-electron chi connectivity index (χ1n) is 15.3. The predicted molar refractivity (Wildman–Crippen MR) is 146 cm³/mol. The molecule has 12 nitrogen and oxygen atoms in total. The minimum Gasteiger partial charge on any atom is -0.481 e. The Bertz CT molecular complexity index is 1210. The largest absolute Gasteiger partial charge is 0.481 e. The zero-order valence-electron chi connectivity index (χ0n) is 24.5. The molecule has 4 N–H and O–H groups in total. The highest BCUT2D eigenvalue weighted by molar-refractivity contribution is 5.85. The van der Waals surface area contributed by atoms with Gasteiger partial charge in [0.2, 0.25) is 0 Å². The average molecular weight is 607 g/mol. The number of ether oxygens (including phenoxy) is 3. The second kappa shape index (κ2) is 11.5. The Labute approximate surface area is 249 Å². The molecule has 0 unspecified atom stereocenters. The van der Waals surface area contributed by atoms with E-state index < -0.39 is 52.0 Å². The van der Waals surface area contributed by atoms with Crippen LogP contribution in [0.15, 0.2) is 11.6 Å². The zero-order valence-corrected chi connectivity index (χ0v) is 24.5. The van der Waals surface area contributed by atoms with Crippen LogP contribution >= 0.6 is 0 Å². The van der Waals surface area contributed by atoms with Crippen molar-refractivity contribution in [1.29, 1.82) is 0 Å². The second-order valence-electron chi connectivity index (χ2n) is 13.5. The summed E-state index contributed by atoms with van der Waals surface area (Å²) in [4.78, 5) is 58.7. The van der Waals surface area contributed by atoms with Crippen LogP contribution in [0, 0.1) is 28.6 Å². The van der Waals surface area contributed by atoms with Gasteiger partial charge >= 0.3 is 29.8 Å². The van der Waals surface area contributed by atoms with Crippen LogP contribution in [0.3, 0.4) is 0 Å². The number of hydrogen-bond acceptors (Lipinski definition) is 10. The van der Waals surface area contributed by atoms with E-state index in [1.807, 2.05) is 0 Å². The van der Waals surface area contributed by atoms with Crippen molar-refractivity contribution in [2.45, 2.75) is 108 Å². The maximum Gasteiger partial charge on any atom is 0.331 e. The lowest BCUT2D eigenvalue weighted by molar-refractivity contribution is -0.272. The van der Waals surface area contributed by atoms with E-state index in [0.717, 1.165) is 5.57 Å². The third-order valence-electron chi connectivity index (χ3n) is 11.6. The molecule has 4 aliphatic carbocycles. The van der Waals surface area contributed by atoms with Crippen molar-refractivity contribution in [2.75, 3.05) is 13.2 Å². The molecule has 0 bridgehead atoms. The van der Waals surface area contributed by atoms with E-state index in [-0.39, 0.29) is 75.5 Å². The molecule has 0 amide bonds. The number of carbonyl (C=O) groups excluding carboxylic acids is 3. The number of carboxylic acid groups (broad SMARTS) is 2. The van der Waals surface area contributed by atoms with E-state index in [2.05, 4.69) is 6.92 Å². The van der Waals surface area contributed by atoms with E-state index in [9.17, 15) is 34.2 Å². The third-order valence-corrected chi connectivity index (χ3v) is 11.6. The van der Waals surface area contributed by atoms with Crippen LogP contribution in [-0.2, 0) is 38.2 Å². The molecule has 5 rings (SSSR count). The van der Waals surface area contributed by atoms with Crippen LogP contribution < -0.4 is 0 Å². The molecule has 12 heteroatoms. The number of carboxylic acids is 2. The van der Waals surface area contributed by atoms with Gasteiger partial charge in [-0.3, -0.25) is 19.2 Å². The number of aliphatic hydroxyl groups is 2. The SMILES string of the molecule is C[C@]12CC[C@@H]3[C@H](CC[C@]4(O)C[C@H](OC(=O)CCC(=O)O)CC[C@]34COC(=O)CCC(=O)O)[C@@]1(O)CC[C@@H]2C1=CC(=O)OC1. The van der Waals surface area contributed by atoms with E-state index >= 15 is 0 Å². The lowest BCUT2D eigenvalue weighted by atomic mass is 9.41. The van der Waals surface area contributed by atoms with Crippen LogP contribution in [0.5, 0.6) is 0 Å². The Morgan fingerprint density at radius 1 is 0.884 bits per heavy atom. The van der Waals surface area contributed by atoms with Gasteiger partial charge in [-0.1, -0.05) is 6.92 Å². The van der Waals surface area contributed by atoms with Crippen LogP contribution in [0.1, 0.15) is 90.4 Å². The number of fused-ring (bicyclic) bond motifs is 5. The molecule has 4 fully saturated rings. The van der Waals surface area contributed by atoms with Gasteiger partial charge in [-0.05, 0) is 74.7 Å². The van der Waals surface area contributed by atoms with E-state index in [1.54, 1.807) is 6.08 Å². The highest BCUT2D eigenvalue weighted by Crippen LogP contribution is 2.70. The van der Waals surface area contributed by atoms with Crippen LogP contribution in [0.4, 0.5) is 0 Å². The number of cyclic esters (lactones) is 1. The standard InChI is InChI=1S/C31H42O12/c1-28-10-7-21-22(31(28,40)13-9-20(28)18-14-27(38)41-16-18)8-12-30(39)15-19(43-26(37)5-3-24(34)35)6-11-29(21,30)17-42-25(36)4-2-23(32)33/h14,19-22,39-40H,2-13,15-17H2,1H3,(H,32,33)(H,34,35)/t19-,20-,21-,22+,28-,29+,30+,31+/m1/s1. The summed E-state index contributed by atoms with van der Waals surface area (Å²) < 4.78 is 16.5. The molecule has 238 valence electrons. The Morgan fingerprint density at radius 2 is 1.56 bits per heavy atom. The maximum absolute atomic E-state index is 12.6. The normalized spacial score (nSPS) is 39.9. The van der Waals surface area contributed by atoms with E-state index in [0.29, 0.717) is 44.9 Å². The Kier molecular flexibility index (Phi) is 8.41. The second-order valence-corrected chi connectivity index (χ2v) is 13.5. The number of aliphatic carboxylic acids is 2. The lowest BCUT2D eigenvalue weighted by Crippen LogP contribution is -2.69. The highest BCUT2D eigenvalue weighted by Gasteiger charge is 2.71. The van der Waals surface area contributed by atoms with Gasteiger partial charge in [0.1, 0.15) is 12.7 Å². The summed E-state index contributed by atoms with van der Waals surface area (Å²) in [7, 11) is 0. The molecule has 1 aliphatic heterocycles. The Hall–Kier alpha value is -2.99. The first kappa shape index (κ1) is 31.4. The van der Waals surface area contributed by atoms with Gasteiger partial charge in [0, 0.05) is 23.3 Å². The molecule has 1 heterocycles. The van der Waals surface area contributed by atoms with Crippen molar-refractivity contribution in [3.63, 3.8) is 0 Å². The molecule has 0 spiro atoms. The molecule has 43 heavy (non-hydrogen) atoms. The number of hydrogen-bond donors (Lipinski definition) is 4. The van der Waals surface area contributed by atoms with Gasteiger partial charge in [-0.2, -0.15) is 0 Å². The molecule has 4 saturated carbocycles. The summed E-state index contributed by atoms with van der Waals surface area (Å²) in [6.07, 6.45) is 3.66. The van der Waals surface area contributed by atoms with Gasteiger partial charge in [0.25, 0.3) is 0 Å². The summed E-state index contributed by atoms with van der Waals surface area (Å²) in [6.45, 7) is 2.16. The fourth-order valence-electron chi connectivity index (χ4n) is 9.51. The van der Waals surface area contributed by atoms with Crippen molar-refractivity contribution in [1.82, 2.24) is 0 Å². The van der Waals surface area contributed by atoms with Crippen LogP contribution in [0.25, 0.3) is 0 Å². The third kappa shape index (κ3) is 5.45. The van der Waals surface area contributed by atoms with Gasteiger partial charge in [0.05, 0.1) is 43.5 Å². The van der Waals surface area contributed by atoms with Crippen LogP contribution in [0.2, 0.25) is 0 Å². The van der Waals surface area contributed by atoms with Crippen LogP contribution in [-0.4, -0.2) is 80.8 Å². The molecule has 5 aliphatic rings. The smallest absolute Gasteiger partial charge is 0.331 e. The monoisotopic (exact) mass is 606 g/mol. The number of rotatable bonds is 10. The van der Waals surface area contributed by atoms with Crippen molar-refractivity contribution in [3.8, 4) is 0 Å². The fraction of sp³-hybridized carbons (Fsp3) is 0.774. The fourth-order valence-corrected chi connectivity index (χ4v) is 9.51. The Balaban J connectivity index is 1.41. The van der Waals surface area contributed by atoms with Gasteiger partial charge in [0.15, 0.2) is 0 Å². The van der Waals surface area contributed by atoms with Gasteiger partial charge in [-0.15, -0.1) is 0 Å². The first-order chi connectivity index (χ1) is 20.2. The molecular formula is C31H42O12. The number of carbonyl (C=O) groups is 5. The van der Waals surface area contributed by atoms with Crippen molar-refractivity contribution in [3.05, 3.63) is 11.6 Å². The molecular weight excluding hydrogens is 564 g/mol. The van der Waals surface area contributed by atoms with Gasteiger partial charge in [-0.25, -0.2) is 4.79 Å². The highest BCUT2D eigenvalue weighted by atomic mass is 16.5. The molecule has 0 saturated heterocycles. The first-order valence-corrected chi connectivity index (χ1v) is 15.3. The maximum atomic E-state index is 12.6. The van der Waals surface area contributed by atoms with Crippen molar-refractivity contribution in [2.24, 2.45) is 28.6 Å². The van der Waals surface area contributed by atoms with Crippen molar-refractivity contribution >= 4 is 29.8 Å². The molecule has 0 aromatic carbocycles. The summed E-state index contributed by atoms with van der Waals surface area (Å²) >= 11 is 0. The van der Waals surface area contributed by atoms with E-state index in [4.69, 9.17) is 24.4 Å². The lowest BCUT2D eigenvalue weighted by Gasteiger charge is -2.66. The molecule has 0 aromatic heterocycles. The molecule has 0 aromatic rings. The van der Waals surface area contributed by atoms with Gasteiger partial charge < -0.3 is 34.6 Å². The topological polar surface area (TPSA) is 194 Å². The quantitative estimate of drug-likeness (QED) is 0.210. The number of esters is 3. The summed E-state index contributed by atoms with van der Waals surface area (Å²) in [5.74, 6) is -4.39. The van der Waals surface area contributed by atoms with E-state index in [1.165, 1.54) is 0 Å². The Morgan fingerprint density at radius 3 is 2.21 bits per heavy atom. The molecule has 8 atom stereocenters. The minimum atomic E-state index is -1.40. The summed E-state index contributed by atoms with van der Waals surface area (Å²) in [5.41, 5.74) is -3.05. The minimum absolute atomic E-state index is 0.0172. The van der Waals surface area contributed by atoms with Crippen molar-refractivity contribution < 1.29 is 58.6 Å². The summed E-state index contributed by atoms with van der Waals surface area (Å²) in [6, 6.07) is 0. The predicted octanol–water partition coefficient (Wildman–Crippen LogP) is 2.52. The molecule has 0 radical (unpaired) electrons. The zero-order chi connectivity index (χ0) is 31.2.